The molecule has 10 heteroatoms. The van der Waals surface area contributed by atoms with Crippen LogP contribution < -0.4 is 15.0 Å². The van der Waals surface area contributed by atoms with Gasteiger partial charge in [0.2, 0.25) is 0 Å². The maximum atomic E-state index is 15.1. The Labute approximate surface area is 205 Å². The van der Waals surface area contributed by atoms with Crippen LogP contribution in [0.1, 0.15) is 12.5 Å². The second-order valence-electron chi connectivity index (χ2n) is 7.91. The molecule has 2 aromatic carbocycles. The van der Waals surface area contributed by atoms with Crippen molar-refractivity contribution < 1.29 is 13.9 Å². The van der Waals surface area contributed by atoms with E-state index in [9.17, 15) is 4.79 Å². The smallest absolute Gasteiger partial charge is 0.302 e. The summed E-state index contributed by atoms with van der Waals surface area (Å²) in [7, 11) is 1.63. The third-order valence-corrected chi connectivity index (χ3v) is 5.54. The van der Waals surface area contributed by atoms with E-state index in [4.69, 9.17) is 4.74 Å². The molecular formula is C26H20FN7O2. The van der Waals surface area contributed by atoms with Gasteiger partial charge >= 0.3 is 5.91 Å². The number of hydrogen-bond donors (Lipinski definition) is 1. The molecule has 3 aromatic heterocycles. The van der Waals surface area contributed by atoms with Crippen LogP contribution in [0, 0.1) is 24.6 Å². The van der Waals surface area contributed by atoms with Gasteiger partial charge in [0.25, 0.3) is 0 Å². The summed E-state index contributed by atoms with van der Waals surface area (Å²) in [6.45, 7) is 3.42. The van der Waals surface area contributed by atoms with Gasteiger partial charge in [-0.25, -0.2) is 23.9 Å². The number of benzene rings is 2. The Balaban J connectivity index is 1.45. The van der Waals surface area contributed by atoms with Crippen molar-refractivity contribution in [3.05, 3.63) is 72.7 Å². The topological polar surface area (TPSA) is 97.5 Å². The molecule has 0 aliphatic carbocycles. The van der Waals surface area contributed by atoms with Gasteiger partial charge in [0, 0.05) is 36.5 Å². The van der Waals surface area contributed by atoms with Gasteiger partial charge in [0.15, 0.2) is 5.65 Å². The Hall–Kier alpha value is -5.04. The van der Waals surface area contributed by atoms with Gasteiger partial charge < -0.3 is 15.0 Å². The second-order valence-corrected chi connectivity index (χ2v) is 7.91. The van der Waals surface area contributed by atoms with Gasteiger partial charge in [0.1, 0.15) is 35.8 Å². The molecule has 0 unspecified atom stereocenters. The Kier molecular flexibility index (Phi) is 5.88. The normalized spacial score (nSPS) is 10.7. The van der Waals surface area contributed by atoms with E-state index < -0.39 is 5.82 Å². The summed E-state index contributed by atoms with van der Waals surface area (Å²) in [5.74, 6) is 5.53. The largest absolute Gasteiger partial charge is 0.457 e. The van der Waals surface area contributed by atoms with E-state index >= 15 is 4.39 Å². The number of hydrogen-bond acceptors (Lipinski definition) is 7. The zero-order chi connectivity index (χ0) is 25.2. The lowest BCUT2D eigenvalue weighted by Gasteiger charge is -2.16. The Bertz CT molecular complexity index is 1690. The van der Waals surface area contributed by atoms with Crippen molar-refractivity contribution in [3.63, 3.8) is 0 Å². The fourth-order valence-electron chi connectivity index (χ4n) is 3.64. The Morgan fingerprint density at radius 1 is 1.11 bits per heavy atom. The molecule has 9 nitrogen and oxygen atoms in total. The van der Waals surface area contributed by atoms with Gasteiger partial charge in [-0.05, 0) is 55.7 Å². The zero-order valence-corrected chi connectivity index (χ0v) is 19.7. The summed E-state index contributed by atoms with van der Waals surface area (Å²) in [6, 6.07) is 11.7. The third-order valence-electron chi connectivity index (χ3n) is 5.54. The first-order valence-corrected chi connectivity index (χ1v) is 10.9. The SMILES string of the molecule is CC#CC(=O)N(C)c1ccc2ncnc(Nc3cc(C)c(Oc4ccn5ncnc5c4)cc3F)c2c1. The number of fused-ring (bicyclic) bond motifs is 2. The zero-order valence-electron chi connectivity index (χ0n) is 19.7. The van der Waals surface area contributed by atoms with Crippen LogP contribution in [0.2, 0.25) is 0 Å². The number of carbonyl (C=O) groups is 1. The van der Waals surface area contributed by atoms with E-state index in [0.717, 1.165) is 0 Å². The minimum Gasteiger partial charge on any atom is -0.457 e. The first-order chi connectivity index (χ1) is 17.4. The van der Waals surface area contributed by atoms with E-state index in [1.54, 1.807) is 61.1 Å². The van der Waals surface area contributed by atoms with Gasteiger partial charge in [-0.3, -0.25) is 4.79 Å². The predicted molar refractivity (Wildman–Crippen MR) is 134 cm³/mol. The van der Waals surface area contributed by atoms with E-state index in [-0.39, 0.29) is 11.6 Å². The highest BCUT2D eigenvalue weighted by molar-refractivity contribution is 6.06. The Morgan fingerprint density at radius 3 is 2.81 bits per heavy atom. The highest BCUT2D eigenvalue weighted by Crippen LogP contribution is 2.33. The predicted octanol–water partition coefficient (Wildman–Crippen LogP) is 4.64. The number of carbonyl (C=O) groups excluding carboxylic acids is 1. The van der Waals surface area contributed by atoms with E-state index in [0.29, 0.717) is 45.1 Å². The molecule has 0 bridgehead atoms. The summed E-state index contributed by atoms with van der Waals surface area (Å²) in [5, 5.41) is 7.73. The van der Waals surface area contributed by atoms with E-state index in [2.05, 4.69) is 37.2 Å². The van der Waals surface area contributed by atoms with Gasteiger partial charge in [-0.2, -0.15) is 5.10 Å². The summed E-state index contributed by atoms with van der Waals surface area (Å²) >= 11 is 0. The first kappa shape index (κ1) is 22.7. The molecule has 5 aromatic rings. The fraction of sp³-hybridized carbons (Fsp3) is 0.115. The van der Waals surface area contributed by atoms with Gasteiger partial charge in [0.05, 0.1) is 11.2 Å². The highest BCUT2D eigenvalue weighted by atomic mass is 19.1. The van der Waals surface area contributed by atoms with Crippen LogP contribution >= 0.6 is 0 Å². The van der Waals surface area contributed by atoms with Crippen molar-refractivity contribution in [2.24, 2.45) is 0 Å². The lowest BCUT2D eigenvalue weighted by Crippen LogP contribution is -2.24. The van der Waals surface area contributed by atoms with Crippen LogP contribution in [0.15, 0.2) is 61.3 Å². The summed E-state index contributed by atoms with van der Waals surface area (Å²) in [5.41, 5.74) is 2.80. The number of anilines is 3. The number of nitrogens with one attached hydrogen (secondary N) is 1. The molecule has 3 heterocycles. The van der Waals surface area contributed by atoms with Crippen molar-refractivity contribution in [1.82, 2.24) is 24.6 Å². The van der Waals surface area contributed by atoms with Crippen LogP contribution in [0.3, 0.4) is 0 Å². The molecule has 1 N–H and O–H groups in total. The summed E-state index contributed by atoms with van der Waals surface area (Å²) < 4.78 is 22.7. The molecule has 5 rings (SSSR count). The highest BCUT2D eigenvalue weighted by Gasteiger charge is 2.15. The number of pyridine rings is 1. The molecule has 0 spiro atoms. The standard InChI is InChI=1S/C26H20FN7O2/c1-4-5-25(35)33(3)17-6-7-21-19(11-17)26(30-14-28-21)32-22-10-16(2)23(13-20(22)27)36-18-8-9-34-24(12-18)29-15-31-34/h6-15H,1-3H3,(H,28,30,32). The van der Waals surface area contributed by atoms with Crippen LogP contribution in [-0.2, 0) is 4.79 Å². The Morgan fingerprint density at radius 2 is 1.97 bits per heavy atom. The van der Waals surface area contributed by atoms with Crippen molar-refractivity contribution in [2.45, 2.75) is 13.8 Å². The monoisotopic (exact) mass is 481 g/mol. The second kappa shape index (κ2) is 9.31. The van der Waals surface area contributed by atoms with Crippen LogP contribution in [0.4, 0.5) is 21.6 Å². The molecule has 0 saturated carbocycles. The molecule has 0 atom stereocenters. The van der Waals surface area contributed by atoms with Crippen molar-refractivity contribution in [3.8, 4) is 23.3 Å². The van der Waals surface area contributed by atoms with Crippen molar-refractivity contribution in [1.29, 1.82) is 0 Å². The molecular weight excluding hydrogens is 461 g/mol. The molecule has 0 aliphatic heterocycles. The number of ether oxygens (including phenoxy) is 1. The average Bonchev–Trinajstić information content (AvgIpc) is 3.34. The number of aromatic nitrogens is 5. The number of rotatable bonds is 5. The maximum absolute atomic E-state index is 15.1. The minimum atomic E-state index is -0.521. The summed E-state index contributed by atoms with van der Waals surface area (Å²) in [6.07, 6.45) is 4.55. The van der Waals surface area contributed by atoms with E-state index in [1.165, 1.54) is 23.6 Å². The van der Waals surface area contributed by atoms with Crippen LogP contribution in [0.5, 0.6) is 11.5 Å². The first-order valence-electron chi connectivity index (χ1n) is 10.9. The average molecular weight is 481 g/mol. The van der Waals surface area contributed by atoms with Gasteiger partial charge in [-0.1, -0.05) is 5.92 Å². The van der Waals surface area contributed by atoms with Crippen LogP contribution in [-0.4, -0.2) is 37.5 Å². The summed E-state index contributed by atoms with van der Waals surface area (Å²) in [4.78, 5) is 26.3. The quantitative estimate of drug-likeness (QED) is 0.365. The molecule has 0 aliphatic rings. The molecule has 178 valence electrons. The van der Waals surface area contributed by atoms with Crippen LogP contribution in [0.25, 0.3) is 16.6 Å². The number of aryl methyl sites for hydroxylation is 1. The van der Waals surface area contributed by atoms with Crippen molar-refractivity contribution >= 4 is 39.6 Å². The third kappa shape index (κ3) is 4.37. The van der Waals surface area contributed by atoms with E-state index in [1.807, 2.05) is 6.92 Å². The minimum absolute atomic E-state index is 0.222. The molecule has 36 heavy (non-hydrogen) atoms. The lowest BCUT2D eigenvalue weighted by molar-refractivity contribution is -0.113. The number of halogens is 1. The fourth-order valence-corrected chi connectivity index (χ4v) is 3.64. The molecule has 0 saturated heterocycles. The maximum Gasteiger partial charge on any atom is 0.302 e. The lowest BCUT2D eigenvalue weighted by atomic mass is 10.1. The molecule has 0 radical (unpaired) electrons. The number of nitrogens with zero attached hydrogens (tertiary/aromatic N) is 6. The number of amides is 1. The molecule has 1 amide bonds. The molecule has 0 fully saturated rings. The van der Waals surface area contributed by atoms with Gasteiger partial charge in [-0.15, -0.1) is 0 Å². The van der Waals surface area contributed by atoms with Crippen molar-refractivity contribution in [2.75, 3.05) is 17.3 Å².